The van der Waals surface area contributed by atoms with Gasteiger partial charge in [-0.3, -0.25) is 0 Å². The maximum atomic E-state index is 12.7. The summed E-state index contributed by atoms with van der Waals surface area (Å²) in [5.41, 5.74) is 1.98. The van der Waals surface area contributed by atoms with E-state index in [1.807, 2.05) is 6.92 Å². The summed E-state index contributed by atoms with van der Waals surface area (Å²) in [5.74, 6) is -1.44. The highest BCUT2D eigenvalue weighted by molar-refractivity contribution is 7.86. The molecule has 0 radical (unpaired) electrons. The number of hydrogen-bond donors (Lipinski definition) is 1. The van der Waals surface area contributed by atoms with Crippen molar-refractivity contribution in [2.45, 2.75) is 31.8 Å². The molecule has 2 aromatic rings. The highest BCUT2D eigenvalue weighted by Gasteiger charge is 2.32. The van der Waals surface area contributed by atoms with Gasteiger partial charge in [0.25, 0.3) is 10.1 Å². The summed E-state index contributed by atoms with van der Waals surface area (Å²) in [7, 11) is -4.29. The molecule has 5 nitrogen and oxygen atoms in total. The Kier molecular flexibility index (Phi) is 5.32. The maximum Gasteiger partial charge on any atom is 0.339 e. The molecule has 0 aliphatic rings. The first-order valence-electron chi connectivity index (χ1n) is 7.12. The average Bonchev–Trinajstić information content (AvgIpc) is 2.44. The van der Waals surface area contributed by atoms with E-state index in [1.54, 1.807) is 38.1 Å². The van der Waals surface area contributed by atoms with Crippen molar-refractivity contribution >= 4 is 27.7 Å². The van der Waals surface area contributed by atoms with Gasteiger partial charge in [-0.05, 0) is 38.0 Å². The van der Waals surface area contributed by atoms with E-state index in [-0.39, 0.29) is 15.5 Å². The first-order chi connectivity index (χ1) is 11.1. The fourth-order valence-corrected chi connectivity index (χ4v) is 4.33. The molecule has 0 aliphatic heterocycles. The molecule has 1 N–H and O–H groups in total. The van der Waals surface area contributed by atoms with Crippen LogP contribution in [0.2, 0.25) is 5.02 Å². The molecule has 1 unspecified atom stereocenters. The van der Waals surface area contributed by atoms with Crippen molar-refractivity contribution in [1.82, 2.24) is 0 Å². The third kappa shape index (κ3) is 3.77. The van der Waals surface area contributed by atoms with E-state index in [9.17, 15) is 18.3 Å². The molecule has 0 aromatic heterocycles. The molecule has 24 heavy (non-hydrogen) atoms. The van der Waals surface area contributed by atoms with Crippen molar-refractivity contribution in [3.8, 4) is 0 Å². The molecule has 2 aromatic carbocycles. The standard InChI is InChI=1S/C17H17ClO5S/c1-10-8-11(2)16(12(3)9-10)24(21,22)23-15(17(19)20)13-6-4-5-7-14(13)18/h4-9,15H,1-3H3,(H,19,20). The van der Waals surface area contributed by atoms with Crippen molar-refractivity contribution in [2.75, 3.05) is 0 Å². The van der Waals surface area contributed by atoms with Crippen LogP contribution in [-0.2, 0) is 19.1 Å². The highest BCUT2D eigenvalue weighted by Crippen LogP contribution is 2.31. The van der Waals surface area contributed by atoms with Gasteiger partial charge in [0, 0.05) is 10.6 Å². The van der Waals surface area contributed by atoms with E-state index in [0.29, 0.717) is 11.1 Å². The number of aliphatic carboxylic acids is 1. The Hall–Kier alpha value is -1.89. The number of carbonyl (C=O) groups is 1. The van der Waals surface area contributed by atoms with Gasteiger partial charge in [-0.15, -0.1) is 0 Å². The first kappa shape index (κ1) is 18.4. The lowest BCUT2D eigenvalue weighted by molar-refractivity contribution is -0.145. The van der Waals surface area contributed by atoms with Crippen LogP contribution in [0, 0.1) is 20.8 Å². The minimum absolute atomic E-state index is 0.0218. The third-order valence-corrected chi connectivity index (χ3v) is 5.42. The molecule has 0 spiro atoms. The number of carboxylic acids is 1. The van der Waals surface area contributed by atoms with E-state index >= 15 is 0 Å². The topological polar surface area (TPSA) is 80.7 Å². The summed E-state index contributed by atoms with van der Waals surface area (Å²) in [5, 5.41) is 9.52. The Balaban J connectivity index is 2.51. The second kappa shape index (κ2) is 6.93. The number of hydrogen-bond acceptors (Lipinski definition) is 4. The normalized spacial score (nSPS) is 12.8. The van der Waals surface area contributed by atoms with E-state index in [2.05, 4.69) is 0 Å². The van der Waals surface area contributed by atoms with Gasteiger partial charge >= 0.3 is 5.97 Å². The molecule has 0 aliphatic carbocycles. The lowest BCUT2D eigenvalue weighted by atomic mass is 10.1. The monoisotopic (exact) mass is 368 g/mol. The van der Waals surface area contributed by atoms with Crippen molar-refractivity contribution in [2.24, 2.45) is 0 Å². The van der Waals surface area contributed by atoms with E-state index in [1.165, 1.54) is 12.1 Å². The number of aryl methyl sites for hydroxylation is 3. The summed E-state index contributed by atoms with van der Waals surface area (Å²) in [6, 6.07) is 9.49. The predicted molar refractivity (Wildman–Crippen MR) is 90.8 cm³/mol. The van der Waals surface area contributed by atoms with Crippen LogP contribution in [0.4, 0.5) is 0 Å². The molecule has 1 atom stereocenters. The highest BCUT2D eigenvalue weighted by atomic mass is 35.5. The van der Waals surface area contributed by atoms with Gasteiger partial charge in [0.15, 0.2) is 0 Å². The Bertz CT molecular complexity index is 867. The third-order valence-electron chi connectivity index (χ3n) is 3.49. The number of rotatable bonds is 5. The van der Waals surface area contributed by atoms with Crippen LogP contribution < -0.4 is 0 Å². The maximum absolute atomic E-state index is 12.7. The Morgan fingerprint density at radius 1 is 1.12 bits per heavy atom. The van der Waals surface area contributed by atoms with Gasteiger partial charge in [-0.1, -0.05) is 47.5 Å². The van der Waals surface area contributed by atoms with Crippen molar-refractivity contribution < 1.29 is 22.5 Å². The zero-order chi connectivity index (χ0) is 18.1. The zero-order valence-electron chi connectivity index (χ0n) is 13.4. The van der Waals surface area contributed by atoms with Crippen molar-refractivity contribution in [3.05, 3.63) is 63.7 Å². The molecule has 2 rings (SSSR count). The Morgan fingerprint density at radius 2 is 1.67 bits per heavy atom. The molecule has 0 fully saturated rings. The smallest absolute Gasteiger partial charge is 0.339 e. The van der Waals surface area contributed by atoms with Crippen LogP contribution in [-0.4, -0.2) is 19.5 Å². The quantitative estimate of drug-likeness (QED) is 0.812. The van der Waals surface area contributed by atoms with Crippen LogP contribution in [0.5, 0.6) is 0 Å². The molecule has 128 valence electrons. The SMILES string of the molecule is Cc1cc(C)c(S(=O)(=O)OC(C(=O)O)c2ccccc2Cl)c(C)c1. The van der Waals surface area contributed by atoms with Crippen molar-refractivity contribution in [1.29, 1.82) is 0 Å². The summed E-state index contributed by atoms with van der Waals surface area (Å²) in [4.78, 5) is 11.5. The molecule has 7 heteroatoms. The summed E-state index contributed by atoms with van der Waals surface area (Å²) >= 11 is 5.98. The van der Waals surface area contributed by atoms with Gasteiger partial charge in [0.05, 0.1) is 4.90 Å². The summed E-state index contributed by atoms with van der Waals surface area (Å²) in [6.07, 6.45) is -1.72. The second-order valence-electron chi connectivity index (χ2n) is 5.52. The summed E-state index contributed by atoms with van der Waals surface area (Å²) in [6.45, 7) is 5.13. The Morgan fingerprint density at radius 3 is 2.17 bits per heavy atom. The van der Waals surface area contributed by atoms with Crippen molar-refractivity contribution in [3.63, 3.8) is 0 Å². The Labute approximate surface area is 146 Å². The van der Waals surface area contributed by atoms with Crippen LogP contribution >= 0.6 is 11.6 Å². The predicted octanol–water partition coefficient (Wildman–Crippen LogP) is 3.80. The van der Waals surface area contributed by atoms with Gasteiger partial charge in [-0.2, -0.15) is 8.42 Å². The van der Waals surface area contributed by atoms with Gasteiger partial charge in [0.1, 0.15) is 0 Å². The number of carboxylic acid groups (broad SMARTS) is 1. The second-order valence-corrected chi connectivity index (χ2v) is 7.43. The van der Waals surface area contributed by atoms with E-state index in [0.717, 1.165) is 5.56 Å². The molecule has 0 heterocycles. The van der Waals surface area contributed by atoms with Crippen LogP contribution in [0.15, 0.2) is 41.3 Å². The largest absolute Gasteiger partial charge is 0.479 e. The van der Waals surface area contributed by atoms with Crippen LogP contribution in [0.3, 0.4) is 0 Å². The lowest BCUT2D eigenvalue weighted by Gasteiger charge is -2.17. The fraction of sp³-hybridized carbons (Fsp3) is 0.235. The molecule has 0 bridgehead atoms. The zero-order valence-corrected chi connectivity index (χ0v) is 15.0. The number of benzene rings is 2. The average molecular weight is 369 g/mol. The first-order valence-corrected chi connectivity index (χ1v) is 8.90. The van der Waals surface area contributed by atoms with Gasteiger partial charge in [-0.25, -0.2) is 8.98 Å². The van der Waals surface area contributed by atoms with Crippen LogP contribution in [0.25, 0.3) is 0 Å². The van der Waals surface area contributed by atoms with Gasteiger partial charge in [0.2, 0.25) is 6.10 Å². The molecular weight excluding hydrogens is 352 g/mol. The molecular formula is C17H17ClO5S. The fourth-order valence-electron chi connectivity index (χ4n) is 2.65. The summed E-state index contributed by atoms with van der Waals surface area (Å²) < 4.78 is 30.4. The minimum atomic E-state index is -4.29. The molecule has 0 saturated carbocycles. The van der Waals surface area contributed by atoms with E-state index in [4.69, 9.17) is 15.8 Å². The molecule has 0 amide bonds. The van der Waals surface area contributed by atoms with E-state index < -0.39 is 22.2 Å². The van der Waals surface area contributed by atoms with Gasteiger partial charge < -0.3 is 5.11 Å². The number of halogens is 1. The minimum Gasteiger partial charge on any atom is -0.479 e. The van der Waals surface area contributed by atoms with Crippen LogP contribution in [0.1, 0.15) is 28.4 Å². The lowest BCUT2D eigenvalue weighted by Crippen LogP contribution is -2.21. The molecule has 0 saturated heterocycles.